The molecule has 0 bridgehead atoms. The van der Waals surface area contributed by atoms with E-state index in [0.29, 0.717) is 17.2 Å². The van der Waals surface area contributed by atoms with Crippen LogP contribution in [0.5, 0.6) is 5.75 Å². The van der Waals surface area contributed by atoms with Gasteiger partial charge < -0.3 is 16.2 Å². The number of aromatic nitrogens is 4. The van der Waals surface area contributed by atoms with E-state index in [-0.39, 0.29) is 18.0 Å². The van der Waals surface area contributed by atoms with E-state index in [4.69, 9.17) is 5.73 Å². The van der Waals surface area contributed by atoms with Crippen molar-refractivity contribution in [2.75, 3.05) is 5.73 Å². The molecule has 0 saturated heterocycles. The van der Waals surface area contributed by atoms with Crippen LogP contribution >= 0.6 is 0 Å². The van der Waals surface area contributed by atoms with Crippen molar-refractivity contribution in [1.82, 2.24) is 25.1 Å². The number of carbonyl (C=O) groups is 1. The number of hydrogen-bond acceptors (Lipinski definition) is 6. The molecule has 0 unspecified atom stereocenters. The van der Waals surface area contributed by atoms with E-state index in [1.165, 1.54) is 10.9 Å². The van der Waals surface area contributed by atoms with Crippen molar-refractivity contribution in [3.05, 3.63) is 58.8 Å². The highest BCUT2D eigenvalue weighted by Gasteiger charge is 2.18. The lowest BCUT2D eigenvalue weighted by atomic mass is 10.1. The Kier molecular flexibility index (Phi) is 4.57. The van der Waals surface area contributed by atoms with E-state index >= 15 is 0 Å². The van der Waals surface area contributed by atoms with Crippen molar-refractivity contribution in [3.8, 4) is 11.4 Å². The van der Waals surface area contributed by atoms with Gasteiger partial charge in [0.2, 0.25) is 0 Å². The summed E-state index contributed by atoms with van der Waals surface area (Å²) in [4.78, 5) is 20.5. The third-order valence-corrected chi connectivity index (χ3v) is 4.19. The maximum absolute atomic E-state index is 12.4. The molecule has 0 atom stereocenters. The lowest BCUT2D eigenvalue weighted by molar-refractivity contribution is 0.0943. The number of nitrogens with two attached hydrogens (primary N) is 1. The van der Waals surface area contributed by atoms with Crippen LogP contribution in [0.2, 0.25) is 0 Å². The Morgan fingerprint density at radius 1 is 1.31 bits per heavy atom. The van der Waals surface area contributed by atoms with Crippen LogP contribution in [-0.4, -0.2) is 30.8 Å². The third kappa shape index (κ3) is 3.34. The molecule has 0 aliphatic carbocycles. The van der Waals surface area contributed by atoms with Gasteiger partial charge >= 0.3 is 0 Å². The van der Waals surface area contributed by atoms with Gasteiger partial charge in [-0.2, -0.15) is 5.10 Å². The summed E-state index contributed by atoms with van der Waals surface area (Å²) in [5, 5.41) is 17.0. The maximum atomic E-state index is 12.4. The second kappa shape index (κ2) is 6.83. The van der Waals surface area contributed by atoms with Crippen molar-refractivity contribution in [1.29, 1.82) is 0 Å². The molecule has 0 fully saturated rings. The second-order valence-corrected chi connectivity index (χ2v) is 6.04. The minimum Gasteiger partial charge on any atom is -0.504 e. The molecule has 134 valence electrons. The van der Waals surface area contributed by atoms with Crippen LogP contribution < -0.4 is 11.1 Å². The summed E-state index contributed by atoms with van der Waals surface area (Å²) < 4.78 is 1.50. The number of hydrogen-bond donors (Lipinski definition) is 3. The highest BCUT2D eigenvalue weighted by Crippen LogP contribution is 2.22. The van der Waals surface area contributed by atoms with Crippen molar-refractivity contribution in [2.24, 2.45) is 0 Å². The minimum absolute atomic E-state index is 0.0579. The zero-order chi connectivity index (χ0) is 18.8. The first-order chi connectivity index (χ1) is 12.4. The summed E-state index contributed by atoms with van der Waals surface area (Å²) in [6, 6.07) is 5.76. The monoisotopic (exact) mass is 352 g/mol. The number of carbonyl (C=O) groups excluding carboxylic acids is 1. The summed E-state index contributed by atoms with van der Waals surface area (Å²) in [6.45, 7) is 5.82. The van der Waals surface area contributed by atoms with E-state index in [2.05, 4.69) is 20.4 Å². The number of nitrogens with one attached hydrogen (secondary N) is 1. The fourth-order valence-corrected chi connectivity index (χ4v) is 2.54. The van der Waals surface area contributed by atoms with Gasteiger partial charge in [-0.15, -0.1) is 0 Å². The van der Waals surface area contributed by atoms with Crippen LogP contribution in [0, 0.1) is 20.8 Å². The Balaban J connectivity index is 1.80. The zero-order valence-corrected chi connectivity index (χ0v) is 14.8. The smallest absolute Gasteiger partial charge is 0.275 e. The van der Waals surface area contributed by atoms with Crippen LogP contribution in [-0.2, 0) is 6.54 Å². The molecule has 1 aromatic carbocycles. The van der Waals surface area contributed by atoms with Gasteiger partial charge in [-0.3, -0.25) is 4.79 Å². The molecule has 8 heteroatoms. The van der Waals surface area contributed by atoms with Crippen molar-refractivity contribution in [2.45, 2.75) is 27.3 Å². The van der Waals surface area contributed by atoms with Crippen LogP contribution in [0.15, 0.2) is 30.6 Å². The predicted octanol–water partition coefficient (Wildman–Crippen LogP) is 1.81. The molecule has 26 heavy (non-hydrogen) atoms. The molecule has 4 N–H and O–H groups in total. The predicted molar refractivity (Wildman–Crippen MR) is 97.1 cm³/mol. The van der Waals surface area contributed by atoms with E-state index in [1.54, 1.807) is 13.1 Å². The standard InChI is InChI=1S/C18H20N6O2/c1-10-5-4-6-14(11(10)2)24-9-15(25)16(23-24)18(26)21-8-13-7-20-12(3)22-17(13)19/h4-7,9,25H,8H2,1-3H3,(H,21,26)(H2,19,20,22). The summed E-state index contributed by atoms with van der Waals surface area (Å²) >= 11 is 0. The van der Waals surface area contributed by atoms with Crippen LogP contribution in [0.25, 0.3) is 5.69 Å². The summed E-state index contributed by atoms with van der Waals surface area (Å²) in [5.41, 5.74) is 9.27. The largest absolute Gasteiger partial charge is 0.504 e. The van der Waals surface area contributed by atoms with Crippen molar-refractivity contribution < 1.29 is 9.90 Å². The molecular weight excluding hydrogens is 332 g/mol. The second-order valence-electron chi connectivity index (χ2n) is 6.04. The molecule has 8 nitrogen and oxygen atoms in total. The molecule has 3 aromatic rings. The topological polar surface area (TPSA) is 119 Å². The quantitative estimate of drug-likeness (QED) is 0.659. The van der Waals surface area contributed by atoms with Crippen LogP contribution in [0.3, 0.4) is 0 Å². The normalized spacial score (nSPS) is 10.7. The molecule has 2 aromatic heterocycles. The van der Waals surface area contributed by atoms with E-state index in [1.807, 2.05) is 32.0 Å². The number of amides is 1. The minimum atomic E-state index is -0.508. The lowest BCUT2D eigenvalue weighted by Crippen LogP contribution is -2.24. The summed E-state index contributed by atoms with van der Waals surface area (Å²) in [6.07, 6.45) is 2.98. The van der Waals surface area contributed by atoms with Crippen molar-refractivity contribution >= 4 is 11.7 Å². The van der Waals surface area contributed by atoms with Gasteiger partial charge in [0.25, 0.3) is 5.91 Å². The summed E-state index contributed by atoms with van der Waals surface area (Å²) in [7, 11) is 0. The molecule has 1 amide bonds. The number of anilines is 1. The number of rotatable bonds is 4. The number of nitrogens with zero attached hydrogens (tertiary/aromatic N) is 4. The highest BCUT2D eigenvalue weighted by molar-refractivity contribution is 5.94. The molecule has 0 radical (unpaired) electrons. The van der Waals surface area contributed by atoms with Gasteiger partial charge in [0.05, 0.1) is 11.9 Å². The Bertz CT molecular complexity index is 980. The first-order valence-electron chi connectivity index (χ1n) is 8.08. The number of nitrogen functional groups attached to an aromatic ring is 1. The van der Waals surface area contributed by atoms with Gasteiger partial charge in [0, 0.05) is 18.3 Å². The Morgan fingerprint density at radius 3 is 2.81 bits per heavy atom. The Hall–Kier alpha value is -3.42. The van der Waals surface area contributed by atoms with Crippen LogP contribution in [0.1, 0.15) is 33.0 Å². The number of aromatic hydroxyl groups is 1. The third-order valence-electron chi connectivity index (χ3n) is 4.19. The zero-order valence-electron chi connectivity index (χ0n) is 14.8. The maximum Gasteiger partial charge on any atom is 0.275 e. The first kappa shape index (κ1) is 17.4. The van der Waals surface area contributed by atoms with Crippen molar-refractivity contribution in [3.63, 3.8) is 0 Å². The lowest BCUT2D eigenvalue weighted by Gasteiger charge is -2.08. The van der Waals surface area contributed by atoms with E-state index in [9.17, 15) is 9.90 Å². The number of aryl methyl sites for hydroxylation is 2. The number of benzene rings is 1. The molecule has 0 saturated carbocycles. The van der Waals surface area contributed by atoms with Crippen LogP contribution in [0.4, 0.5) is 5.82 Å². The average Bonchev–Trinajstić information content (AvgIpc) is 2.98. The molecule has 2 heterocycles. The molecule has 0 aliphatic heterocycles. The van der Waals surface area contributed by atoms with E-state index in [0.717, 1.165) is 16.8 Å². The fourth-order valence-electron chi connectivity index (χ4n) is 2.54. The molecule has 0 aliphatic rings. The Labute approximate surface area is 150 Å². The molecule has 3 rings (SSSR count). The summed E-state index contributed by atoms with van der Waals surface area (Å²) in [5.74, 6) is 0.161. The van der Waals surface area contributed by atoms with Gasteiger partial charge in [-0.1, -0.05) is 12.1 Å². The molecular formula is C18H20N6O2. The molecule has 0 spiro atoms. The fraction of sp³-hybridized carbons (Fsp3) is 0.222. The van der Waals surface area contributed by atoms with Gasteiger partial charge in [0.1, 0.15) is 11.6 Å². The van der Waals surface area contributed by atoms with E-state index < -0.39 is 5.91 Å². The van der Waals surface area contributed by atoms with Gasteiger partial charge in [-0.25, -0.2) is 14.6 Å². The SMILES string of the molecule is Cc1ncc(CNC(=O)c2nn(-c3cccc(C)c3C)cc2O)c(N)n1. The first-order valence-corrected chi connectivity index (χ1v) is 8.08. The highest BCUT2D eigenvalue weighted by atomic mass is 16.3. The van der Waals surface area contributed by atoms with Gasteiger partial charge in [-0.05, 0) is 38.0 Å². The van der Waals surface area contributed by atoms with Gasteiger partial charge in [0.15, 0.2) is 11.4 Å². The Morgan fingerprint density at radius 2 is 2.08 bits per heavy atom. The average molecular weight is 352 g/mol.